The van der Waals surface area contributed by atoms with Gasteiger partial charge in [0.2, 0.25) is 0 Å². The van der Waals surface area contributed by atoms with Crippen LogP contribution >= 0.6 is 15.9 Å². The molecule has 5 nitrogen and oxygen atoms in total. The van der Waals surface area contributed by atoms with Crippen molar-refractivity contribution >= 4 is 33.9 Å². The predicted molar refractivity (Wildman–Crippen MR) is 103 cm³/mol. The van der Waals surface area contributed by atoms with Crippen molar-refractivity contribution in [2.45, 2.75) is 6.61 Å². The van der Waals surface area contributed by atoms with Gasteiger partial charge in [-0.15, -0.1) is 6.58 Å². The molecule has 0 unspecified atom stereocenters. The number of ether oxygens (including phenoxy) is 1. The number of carbonyl (C=O) groups excluding carboxylic acids is 2. The highest BCUT2D eigenvalue weighted by atomic mass is 79.9. The number of nitrogens with zero attached hydrogens (tertiary/aromatic N) is 1. The van der Waals surface area contributed by atoms with Crippen molar-refractivity contribution in [3.8, 4) is 5.75 Å². The lowest BCUT2D eigenvalue weighted by Gasteiger charge is -2.09. The summed E-state index contributed by atoms with van der Waals surface area (Å²) >= 11 is 3.44. The van der Waals surface area contributed by atoms with Gasteiger partial charge in [-0.1, -0.05) is 24.3 Å². The van der Waals surface area contributed by atoms with E-state index in [-0.39, 0.29) is 18.1 Å². The van der Waals surface area contributed by atoms with Gasteiger partial charge in [0.25, 0.3) is 5.91 Å². The number of halogens is 2. The Morgan fingerprint density at radius 1 is 1.19 bits per heavy atom. The summed E-state index contributed by atoms with van der Waals surface area (Å²) in [6, 6.07) is 10.9. The Morgan fingerprint density at radius 2 is 1.93 bits per heavy atom. The summed E-state index contributed by atoms with van der Waals surface area (Å²) in [4.78, 5) is 25.1. The van der Waals surface area contributed by atoms with Crippen LogP contribution in [0.15, 0.2) is 65.3 Å². The quantitative estimate of drug-likeness (QED) is 0.423. The maximum absolute atomic E-state index is 12.9. The highest BCUT2D eigenvalue weighted by molar-refractivity contribution is 9.10. The first-order valence-corrected chi connectivity index (χ1v) is 8.89. The Hall–Kier alpha value is -2.93. The number of rotatable bonds is 6. The SMILES string of the molecule is C=CCN1C(=O)N/C(=C/c2ccc(OCc3ccc(F)cc3)c(Br)c2)C1=O. The summed E-state index contributed by atoms with van der Waals surface area (Å²) in [5, 5.41) is 2.55. The molecule has 2 aromatic carbocycles. The number of benzene rings is 2. The number of nitrogens with one attached hydrogen (secondary N) is 1. The Morgan fingerprint density at radius 3 is 2.59 bits per heavy atom. The third kappa shape index (κ3) is 4.43. The highest BCUT2D eigenvalue weighted by Gasteiger charge is 2.32. The van der Waals surface area contributed by atoms with Crippen molar-refractivity contribution in [2.75, 3.05) is 6.54 Å². The molecule has 3 rings (SSSR count). The molecule has 0 radical (unpaired) electrons. The zero-order chi connectivity index (χ0) is 19.4. The molecule has 27 heavy (non-hydrogen) atoms. The Kier molecular flexibility index (Phi) is 5.71. The molecule has 1 aliphatic rings. The van der Waals surface area contributed by atoms with Gasteiger partial charge in [0.1, 0.15) is 23.9 Å². The van der Waals surface area contributed by atoms with E-state index >= 15 is 0 Å². The number of hydrogen-bond donors (Lipinski definition) is 1. The second-order valence-electron chi connectivity index (χ2n) is 5.80. The largest absolute Gasteiger partial charge is 0.488 e. The molecule has 138 valence electrons. The molecule has 1 aliphatic heterocycles. The van der Waals surface area contributed by atoms with E-state index in [2.05, 4.69) is 27.8 Å². The van der Waals surface area contributed by atoms with E-state index in [1.807, 2.05) is 0 Å². The average Bonchev–Trinajstić information content (AvgIpc) is 2.90. The summed E-state index contributed by atoms with van der Waals surface area (Å²) < 4.78 is 19.4. The zero-order valence-electron chi connectivity index (χ0n) is 14.2. The second-order valence-corrected chi connectivity index (χ2v) is 6.65. The standard InChI is InChI=1S/C20H16BrFN2O3/c1-2-9-24-19(25)17(23-20(24)26)11-14-5-8-18(16(21)10-14)27-12-13-3-6-15(22)7-4-13/h2-8,10-11H,1,9,12H2,(H,23,26)/b17-11+. The molecule has 7 heteroatoms. The first-order valence-electron chi connectivity index (χ1n) is 8.10. The first-order chi connectivity index (χ1) is 13.0. The molecular weight excluding hydrogens is 415 g/mol. The van der Waals surface area contributed by atoms with E-state index in [1.54, 1.807) is 36.4 Å². The van der Waals surface area contributed by atoms with Crippen LogP contribution in [0.3, 0.4) is 0 Å². The molecule has 1 N–H and O–H groups in total. The molecular formula is C20H16BrFN2O3. The Balaban J connectivity index is 1.71. The van der Waals surface area contributed by atoms with E-state index in [1.165, 1.54) is 18.2 Å². The topological polar surface area (TPSA) is 58.6 Å². The molecule has 1 fully saturated rings. The summed E-state index contributed by atoms with van der Waals surface area (Å²) in [5.41, 5.74) is 1.77. The maximum atomic E-state index is 12.9. The fourth-order valence-electron chi connectivity index (χ4n) is 2.50. The van der Waals surface area contributed by atoms with E-state index in [0.29, 0.717) is 16.8 Å². The minimum Gasteiger partial charge on any atom is -0.488 e. The molecule has 0 atom stereocenters. The van der Waals surface area contributed by atoms with E-state index in [4.69, 9.17) is 4.74 Å². The number of carbonyl (C=O) groups is 2. The molecule has 0 spiro atoms. The number of amides is 3. The molecule has 0 bridgehead atoms. The normalized spacial score (nSPS) is 15.2. The molecule has 2 aromatic rings. The van der Waals surface area contributed by atoms with Gasteiger partial charge >= 0.3 is 6.03 Å². The van der Waals surface area contributed by atoms with Gasteiger partial charge < -0.3 is 10.1 Å². The second kappa shape index (κ2) is 8.18. The first kappa shape index (κ1) is 18.8. The van der Waals surface area contributed by atoms with Crippen molar-refractivity contribution in [2.24, 2.45) is 0 Å². The summed E-state index contributed by atoms with van der Waals surface area (Å²) in [5.74, 6) is -0.0817. The molecule has 0 aromatic heterocycles. The lowest BCUT2D eigenvalue weighted by atomic mass is 10.2. The number of urea groups is 1. The fraction of sp³-hybridized carbons (Fsp3) is 0.100. The van der Waals surface area contributed by atoms with Gasteiger partial charge in [-0.3, -0.25) is 9.69 Å². The smallest absolute Gasteiger partial charge is 0.329 e. The monoisotopic (exact) mass is 430 g/mol. The number of hydrogen-bond acceptors (Lipinski definition) is 3. The fourth-order valence-corrected chi connectivity index (χ4v) is 3.01. The Labute approximate surface area is 164 Å². The summed E-state index contributed by atoms with van der Waals surface area (Å²) in [7, 11) is 0. The predicted octanol–water partition coefficient (Wildman–Crippen LogP) is 4.25. The van der Waals surface area contributed by atoms with Crippen LogP contribution in [0, 0.1) is 5.82 Å². The van der Waals surface area contributed by atoms with Crippen molar-refractivity contribution in [1.82, 2.24) is 10.2 Å². The maximum Gasteiger partial charge on any atom is 0.329 e. The van der Waals surface area contributed by atoms with E-state index in [0.717, 1.165) is 16.0 Å². The number of imide groups is 1. The molecule has 0 saturated carbocycles. The molecule has 1 saturated heterocycles. The van der Waals surface area contributed by atoms with Gasteiger partial charge in [0.05, 0.1) is 4.47 Å². The third-order valence-electron chi connectivity index (χ3n) is 3.85. The van der Waals surface area contributed by atoms with Crippen molar-refractivity contribution < 1.29 is 18.7 Å². The van der Waals surface area contributed by atoms with Crippen LogP contribution in [0.25, 0.3) is 6.08 Å². The van der Waals surface area contributed by atoms with Crippen LogP contribution in [-0.2, 0) is 11.4 Å². The van der Waals surface area contributed by atoms with Crippen molar-refractivity contribution in [3.05, 3.63) is 82.2 Å². The van der Waals surface area contributed by atoms with Gasteiger partial charge in [-0.05, 0) is 57.4 Å². The Bertz CT molecular complexity index is 925. The van der Waals surface area contributed by atoms with Crippen LogP contribution in [0.1, 0.15) is 11.1 Å². The lowest BCUT2D eigenvalue weighted by molar-refractivity contribution is -0.122. The average molecular weight is 431 g/mol. The third-order valence-corrected chi connectivity index (χ3v) is 4.47. The van der Waals surface area contributed by atoms with Crippen LogP contribution < -0.4 is 10.1 Å². The van der Waals surface area contributed by atoms with Crippen molar-refractivity contribution in [1.29, 1.82) is 0 Å². The van der Waals surface area contributed by atoms with Gasteiger partial charge in [-0.2, -0.15) is 0 Å². The van der Waals surface area contributed by atoms with Crippen LogP contribution in [0.4, 0.5) is 9.18 Å². The minimum absolute atomic E-state index is 0.155. The molecule has 1 heterocycles. The summed E-state index contributed by atoms with van der Waals surface area (Å²) in [6.07, 6.45) is 3.09. The molecule has 0 aliphatic carbocycles. The van der Waals surface area contributed by atoms with Gasteiger partial charge in [0.15, 0.2) is 0 Å². The highest BCUT2D eigenvalue weighted by Crippen LogP contribution is 2.28. The van der Waals surface area contributed by atoms with Crippen LogP contribution in [-0.4, -0.2) is 23.4 Å². The van der Waals surface area contributed by atoms with Crippen LogP contribution in [0.5, 0.6) is 5.75 Å². The zero-order valence-corrected chi connectivity index (χ0v) is 15.8. The van der Waals surface area contributed by atoms with Gasteiger partial charge in [0, 0.05) is 6.54 Å². The lowest BCUT2D eigenvalue weighted by Crippen LogP contribution is -2.30. The summed E-state index contributed by atoms with van der Waals surface area (Å²) in [6.45, 7) is 3.99. The van der Waals surface area contributed by atoms with Gasteiger partial charge in [-0.25, -0.2) is 9.18 Å². The molecule has 3 amide bonds. The van der Waals surface area contributed by atoms with Crippen LogP contribution in [0.2, 0.25) is 0 Å². The van der Waals surface area contributed by atoms with Crippen molar-refractivity contribution in [3.63, 3.8) is 0 Å². The minimum atomic E-state index is -0.468. The van der Waals surface area contributed by atoms with E-state index < -0.39 is 11.9 Å². The van der Waals surface area contributed by atoms with E-state index in [9.17, 15) is 14.0 Å².